The quantitative estimate of drug-likeness (QED) is 0.373. The first-order chi connectivity index (χ1) is 17.5. The van der Waals surface area contributed by atoms with Crippen molar-refractivity contribution in [1.82, 2.24) is 4.57 Å². The molecule has 0 fully saturated rings. The molecule has 4 rings (SSSR count). The molecule has 1 heterocycles. The molecule has 0 spiro atoms. The number of nitriles is 1. The van der Waals surface area contributed by atoms with Gasteiger partial charge in [-0.2, -0.15) is 18.4 Å². The molecule has 0 aliphatic rings. The fraction of sp³-hybridized carbons (Fsp3) is 0.138. The molecule has 0 unspecified atom stereocenters. The maximum Gasteiger partial charge on any atom is 0.417 e. The van der Waals surface area contributed by atoms with E-state index in [1.807, 2.05) is 32.0 Å². The monoisotopic (exact) mass is 501 g/mol. The first-order valence-corrected chi connectivity index (χ1v) is 11.3. The molecule has 0 saturated heterocycles. The SMILES string of the molecule is Cc1ccc(Cn2c(-c3cccc(-c4ccc(C(N)=O)cc4)c3)cc(C(F)(F)F)c(C#N)c2=O)c(C)c1. The Labute approximate surface area is 211 Å². The largest absolute Gasteiger partial charge is 0.417 e. The zero-order valence-electron chi connectivity index (χ0n) is 20.1. The Kier molecular flexibility index (Phi) is 6.73. The van der Waals surface area contributed by atoms with Crippen molar-refractivity contribution < 1.29 is 18.0 Å². The Morgan fingerprint density at radius 2 is 1.62 bits per heavy atom. The minimum Gasteiger partial charge on any atom is -0.366 e. The molecule has 2 N–H and O–H groups in total. The summed E-state index contributed by atoms with van der Waals surface area (Å²) in [5, 5.41) is 9.46. The van der Waals surface area contributed by atoms with Gasteiger partial charge in [0.05, 0.1) is 17.8 Å². The van der Waals surface area contributed by atoms with Gasteiger partial charge in [0.1, 0.15) is 11.6 Å². The second-order valence-electron chi connectivity index (χ2n) is 8.77. The summed E-state index contributed by atoms with van der Waals surface area (Å²) in [4.78, 5) is 24.7. The van der Waals surface area contributed by atoms with Crippen LogP contribution in [0, 0.1) is 25.2 Å². The van der Waals surface area contributed by atoms with Crippen LogP contribution in [0.25, 0.3) is 22.4 Å². The third-order valence-electron chi connectivity index (χ3n) is 6.21. The van der Waals surface area contributed by atoms with E-state index in [9.17, 15) is 28.0 Å². The lowest BCUT2D eigenvalue weighted by atomic mass is 9.98. The lowest BCUT2D eigenvalue weighted by Gasteiger charge is -2.19. The van der Waals surface area contributed by atoms with Gasteiger partial charge in [0.15, 0.2) is 0 Å². The van der Waals surface area contributed by atoms with E-state index < -0.39 is 28.8 Å². The van der Waals surface area contributed by atoms with Gasteiger partial charge in [-0.15, -0.1) is 0 Å². The first kappa shape index (κ1) is 25.5. The first-order valence-electron chi connectivity index (χ1n) is 11.3. The van der Waals surface area contributed by atoms with Gasteiger partial charge in [0.25, 0.3) is 5.56 Å². The van der Waals surface area contributed by atoms with Crippen molar-refractivity contribution in [1.29, 1.82) is 5.26 Å². The van der Waals surface area contributed by atoms with Gasteiger partial charge < -0.3 is 10.3 Å². The molecule has 1 aromatic heterocycles. The number of aryl methyl sites for hydroxylation is 2. The van der Waals surface area contributed by atoms with E-state index in [-0.39, 0.29) is 12.2 Å². The number of alkyl halides is 3. The standard InChI is InChI=1S/C29H22F3N3O2/c1-17-6-7-23(18(2)12-17)16-35-26(14-25(29(30,31)32)24(15-33)28(35)37)22-5-3-4-21(13-22)19-8-10-20(11-9-19)27(34)36/h3-14H,16H2,1-2H3,(H2,34,36). The number of nitrogens with two attached hydrogens (primary N) is 1. The number of hydrogen-bond donors (Lipinski definition) is 1. The Bertz CT molecular complexity index is 1610. The van der Waals surface area contributed by atoms with Crippen molar-refractivity contribution in [2.75, 3.05) is 0 Å². The second kappa shape index (κ2) is 9.78. The molecule has 186 valence electrons. The van der Waals surface area contributed by atoms with Crippen molar-refractivity contribution in [3.63, 3.8) is 0 Å². The van der Waals surface area contributed by atoms with Gasteiger partial charge in [0.2, 0.25) is 5.91 Å². The molecule has 0 aliphatic heterocycles. The molecule has 5 nitrogen and oxygen atoms in total. The smallest absolute Gasteiger partial charge is 0.366 e. The van der Waals surface area contributed by atoms with Crippen LogP contribution in [0.1, 0.15) is 38.2 Å². The highest BCUT2D eigenvalue weighted by atomic mass is 19.4. The summed E-state index contributed by atoms with van der Waals surface area (Å²) in [6.07, 6.45) is -4.89. The molecular weight excluding hydrogens is 479 g/mol. The molecule has 8 heteroatoms. The van der Waals surface area contributed by atoms with Crippen LogP contribution in [0.5, 0.6) is 0 Å². The van der Waals surface area contributed by atoms with E-state index in [1.54, 1.807) is 48.5 Å². The average molecular weight is 502 g/mol. The van der Waals surface area contributed by atoms with Crippen LogP contribution >= 0.6 is 0 Å². The topological polar surface area (TPSA) is 88.9 Å². The third kappa shape index (κ3) is 5.16. The molecule has 37 heavy (non-hydrogen) atoms. The summed E-state index contributed by atoms with van der Waals surface area (Å²) in [5.41, 5.74) is 6.80. The minimum atomic E-state index is -4.89. The molecule has 0 atom stereocenters. The number of nitrogens with zero attached hydrogens (tertiary/aromatic N) is 2. The van der Waals surface area contributed by atoms with E-state index in [4.69, 9.17) is 5.73 Å². The van der Waals surface area contributed by atoms with E-state index >= 15 is 0 Å². The highest BCUT2D eigenvalue weighted by molar-refractivity contribution is 5.93. The maximum atomic E-state index is 13.9. The molecular formula is C29H22F3N3O2. The second-order valence-corrected chi connectivity index (χ2v) is 8.77. The lowest BCUT2D eigenvalue weighted by molar-refractivity contribution is -0.137. The van der Waals surface area contributed by atoms with Crippen molar-refractivity contribution in [2.24, 2.45) is 5.73 Å². The average Bonchev–Trinajstić information content (AvgIpc) is 2.85. The Balaban J connectivity index is 1.94. The van der Waals surface area contributed by atoms with Crippen LogP contribution in [0.2, 0.25) is 0 Å². The van der Waals surface area contributed by atoms with E-state index in [2.05, 4.69) is 0 Å². The maximum absolute atomic E-state index is 13.9. The number of rotatable bonds is 5. The van der Waals surface area contributed by atoms with Crippen LogP contribution < -0.4 is 11.3 Å². The predicted molar refractivity (Wildman–Crippen MR) is 135 cm³/mol. The summed E-state index contributed by atoms with van der Waals surface area (Å²) in [6, 6.07) is 21.1. The van der Waals surface area contributed by atoms with Crippen LogP contribution in [-0.4, -0.2) is 10.5 Å². The molecule has 3 aromatic carbocycles. The van der Waals surface area contributed by atoms with Gasteiger partial charge in [0, 0.05) is 5.56 Å². The predicted octanol–water partition coefficient (Wildman–Crippen LogP) is 5.84. The number of carbonyl (C=O) groups excluding carboxylic acids is 1. The Hall–Kier alpha value is -4.64. The zero-order chi connectivity index (χ0) is 26.9. The molecule has 0 bridgehead atoms. The van der Waals surface area contributed by atoms with Crippen molar-refractivity contribution >= 4 is 5.91 Å². The van der Waals surface area contributed by atoms with E-state index in [0.717, 1.165) is 22.8 Å². The van der Waals surface area contributed by atoms with Crippen LogP contribution in [0.15, 0.2) is 77.6 Å². The highest BCUT2D eigenvalue weighted by Crippen LogP contribution is 2.35. The number of primary amides is 1. The van der Waals surface area contributed by atoms with Gasteiger partial charge in [-0.3, -0.25) is 9.59 Å². The summed E-state index contributed by atoms with van der Waals surface area (Å²) < 4.78 is 42.9. The molecule has 4 aromatic rings. The fourth-order valence-corrected chi connectivity index (χ4v) is 4.25. The summed E-state index contributed by atoms with van der Waals surface area (Å²) in [6.45, 7) is 3.77. The van der Waals surface area contributed by atoms with Gasteiger partial charge >= 0.3 is 6.18 Å². The number of pyridine rings is 1. The normalized spacial score (nSPS) is 11.2. The van der Waals surface area contributed by atoms with E-state index in [0.29, 0.717) is 22.3 Å². The molecule has 1 amide bonds. The van der Waals surface area contributed by atoms with Crippen molar-refractivity contribution in [3.8, 4) is 28.5 Å². The van der Waals surface area contributed by atoms with E-state index in [1.165, 1.54) is 10.6 Å². The van der Waals surface area contributed by atoms with Gasteiger partial charge in [-0.25, -0.2) is 0 Å². The highest BCUT2D eigenvalue weighted by Gasteiger charge is 2.36. The molecule has 0 radical (unpaired) electrons. The number of halogens is 3. The van der Waals surface area contributed by atoms with Crippen molar-refractivity contribution in [2.45, 2.75) is 26.6 Å². The molecule has 0 saturated carbocycles. The number of amides is 1. The van der Waals surface area contributed by atoms with Crippen molar-refractivity contribution in [3.05, 3.63) is 117 Å². The number of aromatic nitrogens is 1. The lowest BCUT2D eigenvalue weighted by Crippen LogP contribution is -2.29. The number of carbonyl (C=O) groups is 1. The Morgan fingerprint density at radius 1 is 0.946 bits per heavy atom. The van der Waals surface area contributed by atoms with Crippen LogP contribution in [0.4, 0.5) is 13.2 Å². The summed E-state index contributed by atoms with van der Waals surface area (Å²) in [5.74, 6) is -0.576. The van der Waals surface area contributed by atoms with Gasteiger partial charge in [-0.1, -0.05) is 54.1 Å². The summed E-state index contributed by atoms with van der Waals surface area (Å²) >= 11 is 0. The Morgan fingerprint density at radius 3 is 2.22 bits per heavy atom. The number of benzene rings is 3. The number of hydrogen-bond acceptors (Lipinski definition) is 3. The van der Waals surface area contributed by atoms with Gasteiger partial charge in [-0.05, 0) is 65.9 Å². The summed E-state index contributed by atoms with van der Waals surface area (Å²) in [7, 11) is 0. The van der Waals surface area contributed by atoms with Crippen LogP contribution in [0.3, 0.4) is 0 Å². The minimum absolute atomic E-state index is 0.00929. The third-order valence-corrected chi connectivity index (χ3v) is 6.21. The van der Waals surface area contributed by atoms with Crippen LogP contribution in [-0.2, 0) is 12.7 Å². The molecule has 0 aliphatic carbocycles. The zero-order valence-corrected chi connectivity index (χ0v) is 20.1. The fourth-order valence-electron chi connectivity index (χ4n) is 4.25.